The Hall–Kier alpha value is -1.06. The number of rotatable bonds is 5. The van der Waals surface area contributed by atoms with Crippen LogP contribution in [-0.4, -0.2) is 22.2 Å². The van der Waals surface area contributed by atoms with E-state index in [1.54, 1.807) is 0 Å². The molecule has 0 bridgehead atoms. The van der Waals surface area contributed by atoms with Crippen LogP contribution in [0.1, 0.15) is 58.8 Å². The standard InChI is InChI=1S/C17H28O4/c1-3-4-5-13-10(2)15(17(20)21)9-12-8-11(16(18)19)6-7-14(12)13/h10-15H,3-9H2,1-2H3,(H,18,19)(H,20,21). The molecule has 0 aromatic rings. The molecule has 6 atom stereocenters. The SMILES string of the molecule is CCCCC1C(C)C(C(=O)O)CC2CC(C(=O)O)CCC21. The van der Waals surface area contributed by atoms with Gasteiger partial charge in [0.15, 0.2) is 0 Å². The minimum absolute atomic E-state index is 0.219. The van der Waals surface area contributed by atoms with Crippen LogP contribution in [0.4, 0.5) is 0 Å². The number of hydrogen-bond donors (Lipinski definition) is 2. The van der Waals surface area contributed by atoms with Crippen molar-refractivity contribution in [2.45, 2.75) is 58.8 Å². The maximum Gasteiger partial charge on any atom is 0.306 e. The summed E-state index contributed by atoms with van der Waals surface area (Å²) in [6.45, 7) is 4.26. The minimum atomic E-state index is -0.705. The predicted molar refractivity (Wildman–Crippen MR) is 79.9 cm³/mol. The third-order valence-corrected chi connectivity index (χ3v) is 6.02. The third-order valence-electron chi connectivity index (χ3n) is 6.02. The lowest BCUT2D eigenvalue weighted by Gasteiger charge is -2.48. The van der Waals surface area contributed by atoms with E-state index in [1.807, 2.05) is 0 Å². The smallest absolute Gasteiger partial charge is 0.306 e. The van der Waals surface area contributed by atoms with Crippen molar-refractivity contribution in [3.63, 3.8) is 0 Å². The molecule has 2 N–H and O–H groups in total. The fourth-order valence-electron chi connectivity index (χ4n) is 4.82. The van der Waals surface area contributed by atoms with E-state index in [1.165, 1.54) is 0 Å². The van der Waals surface area contributed by atoms with Crippen LogP contribution < -0.4 is 0 Å². The second-order valence-corrected chi connectivity index (χ2v) is 7.12. The van der Waals surface area contributed by atoms with E-state index in [9.17, 15) is 19.8 Å². The average Bonchev–Trinajstić information content (AvgIpc) is 2.44. The van der Waals surface area contributed by atoms with Crippen molar-refractivity contribution < 1.29 is 19.8 Å². The van der Waals surface area contributed by atoms with Gasteiger partial charge < -0.3 is 10.2 Å². The van der Waals surface area contributed by atoms with Crippen LogP contribution in [0.15, 0.2) is 0 Å². The van der Waals surface area contributed by atoms with Gasteiger partial charge in [0.2, 0.25) is 0 Å². The molecule has 2 saturated carbocycles. The fraction of sp³-hybridized carbons (Fsp3) is 0.882. The lowest BCUT2D eigenvalue weighted by Crippen LogP contribution is -2.45. The molecular weight excluding hydrogens is 268 g/mol. The average molecular weight is 296 g/mol. The molecule has 4 heteroatoms. The molecule has 0 aliphatic heterocycles. The number of carbonyl (C=O) groups is 2. The number of carboxylic acids is 2. The lowest BCUT2D eigenvalue weighted by molar-refractivity contribution is -0.151. The van der Waals surface area contributed by atoms with Crippen molar-refractivity contribution in [2.75, 3.05) is 0 Å². The summed E-state index contributed by atoms with van der Waals surface area (Å²) >= 11 is 0. The Bertz CT molecular complexity index is 392. The van der Waals surface area contributed by atoms with E-state index in [-0.39, 0.29) is 17.8 Å². The van der Waals surface area contributed by atoms with E-state index >= 15 is 0 Å². The molecule has 0 saturated heterocycles. The molecule has 4 nitrogen and oxygen atoms in total. The van der Waals surface area contributed by atoms with Crippen LogP contribution in [0.5, 0.6) is 0 Å². The Morgan fingerprint density at radius 3 is 2.38 bits per heavy atom. The van der Waals surface area contributed by atoms with Gasteiger partial charge in [0.05, 0.1) is 11.8 Å². The highest BCUT2D eigenvalue weighted by Crippen LogP contribution is 2.51. The van der Waals surface area contributed by atoms with Crippen molar-refractivity contribution in [3.05, 3.63) is 0 Å². The van der Waals surface area contributed by atoms with Crippen molar-refractivity contribution in [3.8, 4) is 0 Å². The van der Waals surface area contributed by atoms with Gasteiger partial charge in [-0.3, -0.25) is 9.59 Å². The highest BCUT2D eigenvalue weighted by Gasteiger charge is 2.47. The van der Waals surface area contributed by atoms with Gasteiger partial charge in [-0.05, 0) is 55.8 Å². The zero-order valence-corrected chi connectivity index (χ0v) is 13.1. The molecule has 120 valence electrons. The predicted octanol–water partition coefficient (Wildman–Crippen LogP) is 3.65. The van der Waals surface area contributed by atoms with Gasteiger partial charge >= 0.3 is 11.9 Å². The first-order valence-corrected chi connectivity index (χ1v) is 8.41. The van der Waals surface area contributed by atoms with E-state index in [0.29, 0.717) is 30.6 Å². The van der Waals surface area contributed by atoms with Crippen LogP contribution in [0.2, 0.25) is 0 Å². The Kier molecular flexibility index (Phi) is 5.28. The van der Waals surface area contributed by atoms with Crippen molar-refractivity contribution in [1.29, 1.82) is 0 Å². The molecule has 0 radical (unpaired) electrons. The Morgan fingerprint density at radius 1 is 1.10 bits per heavy atom. The molecule has 6 unspecified atom stereocenters. The third kappa shape index (κ3) is 3.41. The Labute approximate surface area is 126 Å². The van der Waals surface area contributed by atoms with E-state index in [2.05, 4.69) is 13.8 Å². The van der Waals surface area contributed by atoms with E-state index in [4.69, 9.17) is 0 Å². The Morgan fingerprint density at radius 2 is 1.81 bits per heavy atom. The molecule has 0 aromatic carbocycles. The highest BCUT2D eigenvalue weighted by atomic mass is 16.4. The maximum atomic E-state index is 11.6. The number of aliphatic carboxylic acids is 2. The van der Waals surface area contributed by atoms with Crippen LogP contribution in [0.25, 0.3) is 0 Å². The zero-order chi connectivity index (χ0) is 15.6. The zero-order valence-electron chi connectivity index (χ0n) is 13.1. The van der Waals surface area contributed by atoms with Gasteiger partial charge in [0.1, 0.15) is 0 Å². The summed E-state index contributed by atoms with van der Waals surface area (Å²) in [7, 11) is 0. The first-order chi connectivity index (χ1) is 9.95. The second-order valence-electron chi connectivity index (χ2n) is 7.12. The molecular formula is C17H28O4. The number of carboxylic acid groups (broad SMARTS) is 2. The Balaban J connectivity index is 2.15. The molecule has 0 aromatic heterocycles. The van der Waals surface area contributed by atoms with Gasteiger partial charge in [-0.15, -0.1) is 0 Å². The first-order valence-electron chi connectivity index (χ1n) is 8.41. The van der Waals surface area contributed by atoms with Gasteiger partial charge in [-0.2, -0.15) is 0 Å². The van der Waals surface area contributed by atoms with Gasteiger partial charge in [-0.25, -0.2) is 0 Å². The summed E-state index contributed by atoms with van der Waals surface area (Å²) in [6.07, 6.45) is 6.46. The van der Waals surface area contributed by atoms with Gasteiger partial charge in [0.25, 0.3) is 0 Å². The van der Waals surface area contributed by atoms with E-state index < -0.39 is 11.9 Å². The number of unbranched alkanes of at least 4 members (excludes halogenated alkanes) is 1. The number of hydrogen-bond acceptors (Lipinski definition) is 2. The summed E-state index contributed by atoms with van der Waals surface area (Å²) in [5.74, 6) is -0.446. The van der Waals surface area contributed by atoms with E-state index in [0.717, 1.165) is 32.1 Å². The molecule has 0 spiro atoms. The van der Waals surface area contributed by atoms with Crippen molar-refractivity contribution >= 4 is 11.9 Å². The minimum Gasteiger partial charge on any atom is -0.481 e. The van der Waals surface area contributed by atoms with Crippen molar-refractivity contribution in [1.82, 2.24) is 0 Å². The fourth-order valence-corrected chi connectivity index (χ4v) is 4.82. The molecule has 2 rings (SSSR count). The summed E-state index contributed by atoms with van der Waals surface area (Å²) in [4.78, 5) is 22.8. The summed E-state index contributed by atoms with van der Waals surface area (Å²) in [5.41, 5.74) is 0. The highest BCUT2D eigenvalue weighted by molar-refractivity contribution is 5.71. The topological polar surface area (TPSA) is 74.6 Å². The quantitative estimate of drug-likeness (QED) is 0.812. The number of fused-ring (bicyclic) bond motifs is 1. The summed E-state index contributed by atoms with van der Waals surface area (Å²) < 4.78 is 0. The van der Waals surface area contributed by atoms with Gasteiger partial charge in [-0.1, -0.05) is 26.7 Å². The molecule has 2 aliphatic carbocycles. The van der Waals surface area contributed by atoms with Crippen molar-refractivity contribution in [2.24, 2.45) is 35.5 Å². The normalized spacial score (nSPS) is 39.5. The van der Waals surface area contributed by atoms with Crippen LogP contribution >= 0.6 is 0 Å². The van der Waals surface area contributed by atoms with Gasteiger partial charge in [0, 0.05) is 0 Å². The largest absolute Gasteiger partial charge is 0.481 e. The first kappa shape index (κ1) is 16.3. The molecule has 0 amide bonds. The molecule has 2 aliphatic rings. The monoisotopic (exact) mass is 296 g/mol. The van der Waals surface area contributed by atoms with Crippen LogP contribution in [0.3, 0.4) is 0 Å². The van der Waals surface area contributed by atoms with Crippen LogP contribution in [0, 0.1) is 35.5 Å². The summed E-state index contributed by atoms with van der Waals surface area (Å²) in [6, 6.07) is 0. The maximum absolute atomic E-state index is 11.6. The second kappa shape index (κ2) is 6.80. The molecule has 21 heavy (non-hydrogen) atoms. The lowest BCUT2D eigenvalue weighted by atomic mass is 9.56. The molecule has 2 fully saturated rings. The summed E-state index contributed by atoms with van der Waals surface area (Å²) in [5, 5.41) is 18.7. The molecule has 0 heterocycles. The van der Waals surface area contributed by atoms with Crippen LogP contribution in [-0.2, 0) is 9.59 Å².